The highest BCUT2D eigenvalue weighted by Gasteiger charge is 2.12. The Morgan fingerprint density at radius 3 is 2.74 bits per heavy atom. The van der Waals surface area contributed by atoms with Crippen molar-refractivity contribution in [3.8, 4) is 0 Å². The normalized spacial score (nSPS) is 15.0. The standard InChI is InChI=1S/C25H22N4O2/c30-25-23-20-7-5-17-14-26-18(13-21(17)24(20)28-22(23)15-27-25)6-4-16-2-1-3-19(12-16)29-8-10-31-11-9-29/h1-7,12-15,26,28H,8-11H2,(H,27,30). The zero-order chi connectivity index (χ0) is 20.8. The molecule has 0 amide bonds. The number of pyridine rings is 1. The van der Waals surface area contributed by atoms with Gasteiger partial charge in [-0.3, -0.25) is 4.79 Å². The molecule has 31 heavy (non-hydrogen) atoms. The van der Waals surface area contributed by atoms with Gasteiger partial charge in [0.1, 0.15) is 0 Å². The monoisotopic (exact) mass is 410 g/mol. The summed E-state index contributed by atoms with van der Waals surface area (Å²) in [5.41, 5.74) is 5.16. The molecule has 0 aliphatic carbocycles. The predicted octanol–water partition coefficient (Wildman–Crippen LogP) is 4.50. The highest BCUT2D eigenvalue weighted by molar-refractivity contribution is 6.16. The first-order valence-corrected chi connectivity index (χ1v) is 10.5. The van der Waals surface area contributed by atoms with Crippen molar-refractivity contribution >= 4 is 50.4 Å². The first-order chi connectivity index (χ1) is 15.3. The van der Waals surface area contributed by atoms with Crippen LogP contribution in [0.5, 0.6) is 0 Å². The van der Waals surface area contributed by atoms with E-state index in [1.807, 2.05) is 18.3 Å². The average molecular weight is 410 g/mol. The molecule has 1 saturated heterocycles. The third-order valence-electron chi connectivity index (χ3n) is 6.05. The van der Waals surface area contributed by atoms with Gasteiger partial charge >= 0.3 is 0 Å². The third kappa shape index (κ3) is 3.12. The molecule has 6 rings (SSSR count). The number of hydrogen-bond acceptors (Lipinski definition) is 3. The zero-order valence-electron chi connectivity index (χ0n) is 16.9. The second-order valence-electron chi connectivity index (χ2n) is 7.94. The Morgan fingerprint density at radius 2 is 1.84 bits per heavy atom. The van der Waals surface area contributed by atoms with Crippen LogP contribution in [-0.4, -0.2) is 41.3 Å². The van der Waals surface area contributed by atoms with Crippen LogP contribution in [-0.2, 0) is 4.74 Å². The van der Waals surface area contributed by atoms with Crippen LogP contribution in [0.3, 0.4) is 0 Å². The molecule has 0 spiro atoms. The Hall–Kier alpha value is -3.77. The second kappa shape index (κ2) is 7.18. The van der Waals surface area contributed by atoms with Crippen LogP contribution < -0.4 is 10.5 Å². The number of nitrogens with one attached hydrogen (secondary N) is 3. The summed E-state index contributed by atoms with van der Waals surface area (Å²) in [6, 6.07) is 14.8. The minimum Gasteiger partial charge on any atom is -0.378 e. The van der Waals surface area contributed by atoms with Gasteiger partial charge in [0.05, 0.1) is 29.6 Å². The van der Waals surface area contributed by atoms with Crippen LogP contribution in [0.2, 0.25) is 0 Å². The Labute approximate surface area is 178 Å². The topological polar surface area (TPSA) is 76.9 Å². The third-order valence-corrected chi connectivity index (χ3v) is 6.05. The van der Waals surface area contributed by atoms with E-state index < -0.39 is 0 Å². The Morgan fingerprint density at radius 1 is 0.935 bits per heavy atom. The highest BCUT2D eigenvalue weighted by atomic mass is 16.5. The molecule has 0 atom stereocenters. The molecular formula is C25H22N4O2. The van der Waals surface area contributed by atoms with Gasteiger partial charge in [-0.15, -0.1) is 0 Å². The van der Waals surface area contributed by atoms with E-state index in [1.54, 1.807) is 6.20 Å². The molecule has 0 radical (unpaired) electrons. The molecule has 1 aliphatic rings. The minimum atomic E-state index is -0.0524. The van der Waals surface area contributed by atoms with Crippen LogP contribution in [0.15, 0.2) is 59.7 Å². The number of fused-ring (bicyclic) bond motifs is 5. The highest BCUT2D eigenvalue weighted by Crippen LogP contribution is 2.30. The number of hydrogen-bond donors (Lipinski definition) is 3. The molecule has 5 aromatic rings. The second-order valence-corrected chi connectivity index (χ2v) is 7.94. The lowest BCUT2D eigenvalue weighted by Crippen LogP contribution is -2.36. The summed E-state index contributed by atoms with van der Waals surface area (Å²) >= 11 is 0. The first kappa shape index (κ1) is 18.0. The number of nitrogens with zero attached hydrogens (tertiary/aromatic N) is 1. The largest absolute Gasteiger partial charge is 0.378 e. The van der Waals surface area contributed by atoms with E-state index in [0.29, 0.717) is 0 Å². The minimum absolute atomic E-state index is 0.0524. The van der Waals surface area contributed by atoms with Gasteiger partial charge in [-0.1, -0.05) is 30.3 Å². The number of aromatic nitrogens is 3. The fraction of sp³-hybridized carbons (Fsp3) is 0.160. The molecule has 0 bridgehead atoms. The van der Waals surface area contributed by atoms with Crippen molar-refractivity contribution < 1.29 is 4.74 Å². The van der Waals surface area contributed by atoms with Gasteiger partial charge in [0.2, 0.25) is 0 Å². The maximum atomic E-state index is 12.2. The summed E-state index contributed by atoms with van der Waals surface area (Å²) in [4.78, 5) is 24.0. The molecule has 6 heteroatoms. The molecule has 3 aromatic heterocycles. The summed E-state index contributed by atoms with van der Waals surface area (Å²) in [5.74, 6) is 0. The molecule has 1 aliphatic heterocycles. The van der Waals surface area contributed by atoms with Gasteiger partial charge < -0.3 is 24.6 Å². The fourth-order valence-electron chi connectivity index (χ4n) is 4.45. The lowest BCUT2D eigenvalue weighted by molar-refractivity contribution is 0.122. The predicted molar refractivity (Wildman–Crippen MR) is 127 cm³/mol. The molecule has 4 heterocycles. The smallest absolute Gasteiger partial charge is 0.258 e. The number of morpholine rings is 1. The molecule has 6 nitrogen and oxygen atoms in total. The number of anilines is 1. The summed E-state index contributed by atoms with van der Waals surface area (Å²) in [7, 11) is 0. The van der Waals surface area contributed by atoms with Crippen LogP contribution in [0.1, 0.15) is 11.3 Å². The van der Waals surface area contributed by atoms with Crippen molar-refractivity contribution in [2.24, 2.45) is 0 Å². The zero-order valence-corrected chi connectivity index (χ0v) is 16.9. The first-order valence-electron chi connectivity index (χ1n) is 10.5. The van der Waals surface area contributed by atoms with Crippen molar-refractivity contribution in [2.75, 3.05) is 31.2 Å². The van der Waals surface area contributed by atoms with E-state index in [9.17, 15) is 4.79 Å². The summed E-state index contributed by atoms with van der Waals surface area (Å²) in [5, 5.41) is 3.86. The van der Waals surface area contributed by atoms with E-state index in [2.05, 4.69) is 62.3 Å². The van der Waals surface area contributed by atoms with Crippen molar-refractivity contribution in [1.82, 2.24) is 15.0 Å². The van der Waals surface area contributed by atoms with Crippen molar-refractivity contribution in [3.63, 3.8) is 0 Å². The van der Waals surface area contributed by atoms with Crippen LogP contribution >= 0.6 is 0 Å². The van der Waals surface area contributed by atoms with Crippen molar-refractivity contribution in [3.05, 3.63) is 76.5 Å². The summed E-state index contributed by atoms with van der Waals surface area (Å²) in [6.07, 6.45) is 7.96. The average Bonchev–Trinajstić information content (AvgIpc) is 3.38. The number of H-pyrrole nitrogens is 3. The molecule has 2 aromatic carbocycles. The van der Waals surface area contributed by atoms with Gasteiger partial charge in [-0.2, -0.15) is 0 Å². The molecule has 0 saturated carbocycles. The lowest BCUT2D eigenvalue weighted by atomic mass is 10.1. The van der Waals surface area contributed by atoms with Gasteiger partial charge in [0, 0.05) is 47.6 Å². The van der Waals surface area contributed by atoms with E-state index in [4.69, 9.17) is 4.74 Å². The van der Waals surface area contributed by atoms with E-state index in [1.165, 1.54) is 5.69 Å². The van der Waals surface area contributed by atoms with Crippen molar-refractivity contribution in [2.45, 2.75) is 0 Å². The number of ether oxygens (including phenoxy) is 1. The van der Waals surface area contributed by atoms with Gasteiger partial charge in [-0.05, 0) is 35.2 Å². The number of rotatable bonds is 3. The maximum absolute atomic E-state index is 12.2. The van der Waals surface area contributed by atoms with Crippen LogP contribution in [0, 0.1) is 0 Å². The van der Waals surface area contributed by atoms with Gasteiger partial charge in [-0.25, -0.2) is 0 Å². The van der Waals surface area contributed by atoms with Crippen LogP contribution in [0.4, 0.5) is 5.69 Å². The number of aromatic amines is 3. The summed E-state index contributed by atoms with van der Waals surface area (Å²) < 4.78 is 5.46. The van der Waals surface area contributed by atoms with E-state index in [-0.39, 0.29) is 5.56 Å². The number of benzene rings is 2. The quantitative estimate of drug-likeness (QED) is 0.410. The molecule has 0 unspecified atom stereocenters. The fourth-order valence-corrected chi connectivity index (χ4v) is 4.45. The van der Waals surface area contributed by atoms with Crippen molar-refractivity contribution in [1.29, 1.82) is 0 Å². The maximum Gasteiger partial charge on any atom is 0.258 e. The summed E-state index contributed by atoms with van der Waals surface area (Å²) in [6.45, 7) is 3.42. The molecule has 1 fully saturated rings. The van der Waals surface area contributed by atoms with E-state index in [0.717, 1.165) is 70.1 Å². The van der Waals surface area contributed by atoms with E-state index >= 15 is 0 Å². The SMILES string of the molecule is O=c1[nH]cc2[nH]c3c4cc(C=Cc5cccc(N6CCOCC6)c5)[nH]cc4ccc3c12. The van der Waals surface area contributed by atoms with Crippen LogP contribution in [0.25, 0.3) is 44.7 Å². The Bertz CT molecular complexity index is 1500. The Kier molecular flexibility index (Phi) is 4.18. The van der Waals surface area contributed by atoms with Gasteiger partial charge in [0.25, 0.3) is 5.56 Å². The Balaban J connectivity index is 1.37. The molecule has 3 N–H and O–H groups in total. The molecular weight excluding hydrogens is 388 g/mol. The lowest BCUT2D eigenvalue weighted by Gasteiger charge is -2.29. The van der Waals surface area contributed by atoms with Gasteiger partial charge in [0.15, 0.2) is 0 Å². The molecule has 154 valence electrons.